The molecule has 3 rings (SSSR count). The van der Waals surface area contributed by atoms with Gasteiger partial charge in [-0.15, -0.1) is 0 Å². The van der Waals surface area contributed by atoms with E-state index in [0.29, 0.717) is 24.4 Å². The zero-order valence-corrected chi connectivity index (χ0v) is 16.0. The fraction of sp³-hybridized carbons (Fsp3) is 0.400. The number of para-hydroxylation sites is 1. The van der Waals surface area contributed by atoms with Gasteiger partial charge < -0.3 is 14.5 Å². The summed E-state index contributed by atoms with van der Waals surface area (Å²) in [5.74, 6) is -1.11. The molecule has 2 aromatic rings. The molecule has 2 atom stereocenters. The molecule has 0 bridgehead atoms. The Bertz CT molecular complexity index is 854. The first-order valence-electron chi connectivity index (χ1n) is 9.51. The molecule has 3 N–H and O–H groups in total. The maximum atomic E-state index is 12.8. The molecule has 1 heterocycles. The van der Waals surface area contributed by atoms with Crippen LogP contribution in [0.25, 0.3) is 0 Å². The summed E-state index contributed by atoms with van der Waals surface area (Å²) in [6, 6.07) is 10.7. The van der Waals surface area contributed by atoms with E-state index in [2.05, 4.69) is 16.2 Å². The van der Waals surface area contributed by atoms with Crippen molar-refractivity contribution in [2.75, 3.05) is 0 Å². The van der Waals surface area contributed by atoms with Gasteiger partial charge in [-0.25, -0.2) is 10.2 Å². The quantitative estimate of drug-likeness (QED) is 0.633. The molecule has 1 aromatic heterocycles. The summed E-state index contributed by atoms with van der Waals surface area (Å²) in [6.45, 7) is 0.118. The van der Waals surface area contributed by atoms with E-state index in [4.69, 9.17) is 9.15 Å². The van der Waals surface area contributed by atoms with Gasteiger partial charge in [0.25, 0.3) is 0 Å². The number of nitrogens with one attached hydrogen (secondary N) is 3. The second-order valence-corrected chi connectivity index (χ2v) is 7.02. The number of furan rings is 1. The van der Waals surface area contributed by atoms with E-state index in [0.717, 1.165) is 0 Å². The molecule has 1 aliphatic rings. The van der Waals surface area contributed by atoms with Gasteiger partial charge in [-0.1, -0.05) is 24.6 Å². The van der Waals surface area contributed by atoms with Crippen LogP contribution in [0.15, 0.2) is 46.9 Å². The van der Waals surface area contributed by atoms with Gasteiger partial charge in [0.05, 0.1) is 5.92 Å². The minimum Gasteiger partial charge on any atom is -0.486 e. The number of alkyl halides is 3. The molecule has 1 aromatic carbocycles. The van der Waals surface area contributed by atoms with Gasteiger partial charge in [0.15, 0.2) is 5.76 Å². The third kappa shape index (κ3) is 6.16. The van der Waals surface area contributed by atoms with Crippen molar-refractivity contribution >= 4 is 11.9 Å². The van der Waals surface area contributed by atoms with Gasteiger partial charge in [-0.2, -0.15) is 13.2 Å². The molecule has 0 saturated heterocycles. The van der Waals surface area contributed by atoms with Crippen molar-refractivity contribution in [1.29, 1.82) is 0 Å². The van der Waals surface area contributed by atoms with Gasteiger partial charge in [0.1, 0.15) is 18.1 Å². The van der Waals surface area contributed by atoms with Crippen LogP contribution in [-0.2, 0) is 6.61 Å². The van der Waals surface area contributed by atoms with Crippen molar-refractivity contribution in [3.63, 3.8) is 0 Å². The third-order valence-electron chi connectivity index (χ3n) is 4.77. The minimum atomic E-state index is -4.27. The molecular weight excluding hydrogens is 403 g/mol. The van der Waals surface area contributed by atoms with Crippen molar-refractivity contribution in [1.82, 2.24) is 16.2 Å². The van der Waals surface area contributed by atoms with Crippen LogP contribution in [0, 0.1) is 5.92 Å². The predicted molar refractivity (Wildman–Crippen MR) is 100 cm³/mol. The number of benzene rings is 1. The number of carbonyl (C=O) groups is 2. The normalized spacial score (nSPS) is 19.0. The smallest absolute Gasteiger partial charge is 0.391 e. The lowest BCUT2D eigenvalue weighted by atomic mass is 9.85. The summed E-state index contributed by atoms with van der Waals surface area (Å²) in [5.41, 5.74) is 4.29. The number of urea groups is 1. The minimum absolute atomic E-state index is 0.0447. The van der Waals surface area contributed by atoms with E-state index in [1.807, 2.05) is 18.2 Å². The second kappa shape index (κ2) is 9.55. The van der Waals surface area contributed by atoms with Gasteiger partial charge in [-0.3, -0.25) is 10.2 Å². The highest BCUT2D eigenvalue weighted by Crippen LogP contribution is 2.37. The number of amides is 3. The van der Waals surface area contributed by atoms with E-state index in [-0.39, 0.29) is 25.2 Å². The Morgan fingerprint density at radius 3 is 2.57 bits per heavy atom. The SMILES string of the molecule is O=C(NNC(=O)c1ccc(COc2ccccc2)o1)N[C@H]1CCC[C@H](C(F)(F)F)C1. The van der Waals surface area contributed by atoms with Crippen LogP contribution < -0.4 is 20.9 Å². The van der Waals surface area contributed by atoms with Crippen molar-refractivity contribution in [3.8, 4) is 5.75 Å². The average molecular weight is 425 g/mol. The lowest BCUT2D eigenvalue weighted by Crippen LogP contribution is -2.51. The van der Waals surface area contributed by atoms with Crippen molar-refractivity contribution in [2.45, 2.75) is 44.5 Å². The molecule has 7 nitrogen and oxygen atoms in total. The van der Waals surface area contributed by atoms with Crippen molar-refractivity contribution in [3.05, 3.63) is 54.0 Å². The Hall–Kier alpha value is -3.17. The average Bonchev–Trinajstić information content (AvgIpc) is 3.20. The number of hydrogen-bond acceptors (Lipinski definition) is 4. The van der Waals surface area contributed by atoms with Gasteiger partial charge in [0.2, 0.25) is 0 Å². The fourth-order valence-electron chi connectivity index (χ4n) is 3.26. The molecule has 0 spiro atoms. The molecule has 3 amide bonds. The second-order valence-electron chi connectivity index (χ2n) is 7.02. The molecule has 162 valence electrons. The first-order valence-corrected chi connectivity index (χ1v) is 9.51. The summed E-state index contributed by atoms with van der Waals surface area (Å²) in [5, 5.41) is 2.46. The number of carbonyl (C=O) groups excluding carboxylic acids is 2. The number of hydrogen-bond donors (Lipinski definition) is 3. The number of halogens is 3. The first-order chi connectivity index (χ1) is 14.3. The topological polar surface area (TPSA) is 92.6 Å². The van der Waals surface area contributed by atoms with E-state index in [9.17, 15) is 22.8 Å². The Balaban J connectivity index is 1.42. The number of rotatable bonds is 5. The van der Waals surface area contributed by atoms with E-state index >= 15 is 0 Å². The Labute approximate surface area is 170 Å². The molecule has 10 heteroatoms. The Kier molecular flexibility index (Phi) is 6.86. The van der Waals surface area contributed by atoms with Crippen LogP contribution >= 0.6 is 0 Å². The summed E-state index contributed by atoms with van der Waals surface area (Å²) in [6.07, 6.45) is -3.55. The zero-order valence-electron chi connectivity index (χ0n) is 16.0. The van der Waals surface area contributed by atoms with E-state index < -0.39 is 30.1 Å². The predicted octanol–water partition coefficient (Wildman–Crippen LogP) is 3.92. The maximum absolute atomic E-state index is 12.8. The molecule has 1 saturated carbocycles. The van der Waals surface area contributed by atoms with Crippen LogP contribution in [0.4, 0.5) is 18.0 Å². The monoisotopic (exact) mass is 425 g/mol. The van der Waals surface area contributed by atoms with E-state index in [1.54, 1.807) is 18.2 Å². The lowest BCUT2D eigenvalue weighted by molar-refractivity contribution is -0.183. The molecule has 30 heavy (non-hydrogen) atoms. The maximum Gasteiger partial charge on any atom is 0.391 e. The van der Waals surface area contributed by atoms with Gasteiger partial charge in [-0.05, 0) is 43.5 Å². The molecule has 0 radical (unpaired) electrons. The highest BCUT2D eigenvalue weighted by Gasteiger charge is 2.42. The summed E-state index contributed by atoms with van der Waals surface area (Å²) >= 11 is 0. The van der Waals surface area contributed by atoms with E-state index in [1.165, 1.54) is 6.07 Å². The Morgan fingerprint density at radius 1 is 1.07 bits per heavy atom. The van der Waals surface area contributed by atoms with Crippen LogP contribution in [0.5, 0.6) is 5.75 Å². The van der Waals surface area contributed by atoms with Gasteiger partial charge >= 0.3 is 18.1 Å². The summed E-state index contributed by atoms with van der Waals surface area (Å²) < 4.78 is 49.4. The number of ether oxygens (including phenoxy) is 1. The molecular formula is C20H22F3N3O4. The molecule has 0 unspecified atom stereocenters. The van der Waals surface area contributed by atoms with Crippen LogP contribution in [0.2, 0.25) is 0 Å². The molecule has 1 fully saturated rings. The van der Waals surface area contributed by atoms with Gasteiger partial charge in [0, 0.05) is 6.04 Å². The van der Waals surface area contributed by atoms with Crippen LogP contribution in [0.3, 0.4) is 0 Å². The third-order valence-corrected chi connectivity index (χ3v) is 4.77. The highest BCUT2D eigenvalue weighted by molar-refractivity contribution is 5.92. The Morgan fingerprint density at radius 2 is 1.83 bits per heavy atom. The van der Waals surface area contributed by atoms with Crippen molar-refractivity contribution in [2.24, 2.45) is 5.92 Å². The van der Waals surface area contributed by atoms with Crippen molar-refractivity contribution < 1.29 is 31.9 Å². The standard InChI is InChI=1S/C20H22F3N3O4/c21-20(22,23)13-5-4-6-14(11-13)24-19(28)26-25-18(27)17-10-9-16(30-17)12-29-15-7-2-1-3-8-15/h1-3,7-10,13-14H,4-6,11-12H2,(H,25,27)(H2,24,26,28)/t13-,14-/m0/s1. The fourth-order valence-corrected chi connectivity index (χ4v) is 3.26. The zero-order chi connectivity index (χ0) is 21.6. The van der Waals surface area contributed by atoms with Crippen LogP contribution in [-0.4, -0.2) is 24.2 Å². The summed E-state index contributed by atoms with van der Waals surface area (Å²) in [7, 11) is 0. The molecule has 1 aliphatic carbocycles. The first kappa shape index (κ1) is 21.5. The highest BCUT2D eigenvalue weighted by atomic mass is 19.4. The van der Waals surface area contributed by atoms with Crippen LogP contribution in [0.1, 0.15) is 42.0 Å². The molecule has 0 aliphatic heterocycles. The lowest BCUT2D eigenvalue weighted by Gasteiger charge is -2.30. The largest absolute Gasteiger partial charge is 0.486 e. The summed E-state index contributed by atoms with van der Waals surface area (Å²) in [4.78, 5) is 24.0. The number of hydrazine groups is 1.